The lowest BCUT2D eigenvalue weighted by molar-refractivity contribution is -0.121. The van der Waals surface area contributed by atoms with Gasteiger partial charge in [-0.1, -0.05) is 30.3 Å². The van der Waals surface area contributed by atoms with Crippen LogP contribution in [-0.2, 0) is 9.53 Å². The highest BCUT2D eigenvalue weighted by Crippen LogP contribution is 2.28. The van der Waals surface area contributed by atoms with Gasteiger partial charge in [-0.25, -0.2) is 10.2 Å². The van der Waals surface area contributed by atoms with E-state index in [-0.39, 0.29) is 18.9 Å². The number of carbonyl (C=O) groups excluding carboxylic acids is 2. The van der Waals surface area contributed by atoms with E-state index in [0.29, 0.717) is 0 Å². The Balaban J connectivity index is 2.02. The molecule has 0 aliphatic rings. The maximum absolute atomic E-state index is 12.4. The quantitative estimate of drug-likeness (QED) is 0.263. The second-order valence-corrected chi connectivity index (χ2v) is 8.17. The van der Waals surface area contributed by atoms with Crippen molar-refractivity contribution >= 4 is 63.4 Å². The van der Waals surface area contributed by atoms with Crippen molar-refractivity contribution in [3.05, 3.63) is 60.7 Å². The van der Waals surface area contributed by atoms with Crippen LogP contribution in [0.3, 0.4) is 0 Å². The zero-order valence-electron chi connectivity index (χ0n) is 15.9. The molecule has 2 N–H and O–H groups in total. The van der Waals surface area contributed by atoms with Crippen LogP contribution in [-0.4, -0.2) is 31.9 Å². The summed E-state index contributed by atoms with van der Waals surface area (Å²) < 4.78 is 12.2. The number of benzene rings is 2. The number of carbonyl (C=O) groups is 2. The van der Waals surface area contributed by atoms with Crippen LogP contribution < -0.4 is 15.5 Å². The first-order valence-corrected chi connectivity index (χ1v) is 10.9. The fourth-order valence-corrected chi connectivity index (χ4v) is 4.77. The van der Waals surface area contributed by atoms with Crippen LogP contribution in [0.2, 0.25) is 0 Å². The van der Waals surface area contributed by atoms with Crippen LogP contribution in [0.1, 0.15) is 30.5 Å². The number of hydrogen-bond acceptors (Lipinski definition) is 5. The summed E-state index contributed by atoms with van der Waals surface area (Å²) in [6.45, 7) is 1.98. The fourth-order valence-electron chi connectivity index (χ4n) is 2.51. The van der Waals surface area contributed by atoms with Crippen LogP contribution in [0.25, 0.3) is 0 Å². The molecule has 0 heterocycles. The number of halogens is 2. The lowest BCUT2D eigenvalue weighted by Crippen LogP contribution is -2.33. The highest BCUT2D eigenvalue weighted by molar-refractivity contribution is 14.1. The first-order valence-electron chi connectivity index (χ1n) is 8.77. The molecule has 2 aromatic carbocycles. The van der Waals surface area contributed by atoms with E-state index in [9.17, 15) is 9.59 Å². The van der Waals surface area contributed by atoms with Crippen LogP contribution in [0.15, 0.2) is 47.6 Å². The summed E-state index contributed by atoms with van der Waals surface area (Å²) in [6.07, 6.45) is 1.02. The monoisotopic (exact) mass is 621 g/mol. The normalized spacial score (nSPS) is 11.7. The Bertz CT molecular complexity index is 852. The lowest BCUT2D eigenvalue weighted by Gasteiger charge is -2.18. The molecule has 2 aromatic rings. The van der Waals surface area contributed by atoms with Gasteiger partial charge in [0.15, 0.2) is 0 Å². The van der Waals surface area contributed by atoms with E-state index in [0.717, 1.165) is 24.0 Å². The van der Waals surface area contributed by atoms with Crippen molar-refractivity contribution in [3.63, 3.8) is 0 Å². The molecule has 1 atom stereocenters. The van der Waals surface area contributed by atoms with Crippen molar-refractivity contribution in [2.45, 2.75) is 19.4 Å². The number of hydrogen-bond donors (Lipinski definition) is 2. The van der Waals surface area contributed by atoms with Crippen LogP contribution >= 0.6 is 45.2 Å². The van der Waals surface area contributed by atoms with Gasteiger partial charge in [-0.2, -0.15) is 5.10 Å². The number of alkyl carbamates (subject to hydrolysis) is 1. The number of hydrazone groups is 1. The highest BCUT2D eigenvalue weighted by atomic mass is 127. The summed E-state index contributed by atoms with van der Waals surface area (Å²) >= 11 is 4.37. The third kappa shape index (κ3) is 7.46. The molecule has 9 heteroatoms. The number of nitrogens with one attached hydrogen (secondary N) is 2. The molecule has 0 spiro atoms. The molecular weight excluding hydrogens is 600 g/mol. The highest BCUT2D eigenvalue weighted by Gasteiger charge is 2.18. The summed E-state index contributed by atoms with van der Waals surface area (Å²) in [7, 11) is 1.63. The Morgan fingerprint density at radius 2 is 1.83 bits per heavy atom. The van der Waals surface area contributed by atoms with Gasteiger partial charge < -0.3 is 14.8 Å². The molecule has 2 rings (SSSR count). The van der Waals surface area contributed by atoms with Crippen molar-refractivity contribution in [2.75, 3.05) is 13.7 Å². The van der Waals surface area contributed by atoms with Crippen LogP contribution in [0.4, 0.5) is 4.79 Å². The largest absolute Gasteiger partial charge is 0.495 e. The molecule has 2 amide bonds. The molecule has 0 fully saturated rings. The van der Waals surface area contributed by atoms with Gasteiger partial charge in [0.1, 0.15) is 5.75 Å². The third-order valence-electron chi connectivity index (χ3n) is 3.79. The summed E-state index contributed by atoms with van der Waals surface area (Å²) in [5, 5.41) is 6.74. The van der Waals surface area contributed by atoms with Gasteiger partial charge in [0.25, 0.3) is 0 Å². The molecule has 0 aromatic heterocycles. The van der Waals surface area contributed by atoms with Crippen LogP contribution in [0, 0.1) is 7.14 Å². The smallest absolute Gasteiger partial charge is 0.407 e. The van der Waals surface area contributed by atoms with E-state index in [1.165, 1.54) is 0 Å². The van der Waals surface area contributed by atoms with Gasteiger partial charge in [0, 0.05) is 0 Å². The van der Waals surface area contributed by atoms with E-state index in [2.05, 4.69) is 61.0 Å². The third-order valence-corrected chi connectivity index (χ3v) is 5.39. The molecule has 0 bridgehead atoms. The number of ether oxygens (including phenoxy) is 2. The lowest BCUT2D eigenvalue weighted by atomic mass is 10.0. The summed E-state index contributed by atoms with van der Waals surface area (Å²) in [6, 6.07) is 12.5. The number of rotatable bonds is 8. The maximum Gasteiger partial charge on any atom is 0.407 e. The number of nitrogens with zero attached hydrogens (tertiary/aromatic N) is 1. The zero-order chi connectivity index (χ0) is 21.2. The SMILES string of the molecule is CCOC(=O)N[C@H](CC(=O)N/N=C\c1cc(I)c(OC)c(I)c1)c1ccccc1. The van der Waals surface area contributed by atoms with E-state index in [1.54, 1.807) is 20.2 Å². The second kappa shape index (κ2) is 12.0. The van der Waals surface area contributed by atoms with Gasteiger partial charge >= 0.3 is 6.09 Å². The maximum atomic E-state index is 12.4. The Morgan fingerprint density at radius 1 is 1.17 bits per heavy atom. The number of methoxy groups -OCH3 is 1. The topological polar surface area (TPSA) is 89.0 Å². The minimum absolute atomic E-state index is 0.0256. The van der Waals surface area contributed by atoms with Crippen molar-refractivity contribution in [2.24, 2.45) is 5.10 Å². The van der Waals surface area contributed by atoms with E-state index >= 15 is 0 Å². The molecule has 0 aliphatic carbocycles. The Kier molecular flexibility index (Phi) is 9.64. The fraction of sp³-hybridized carbons (Fsp3) is 0.250. The molecule has 0 unspecified atom stereocenters. The molecule has 7 nitrogen and oxygen atoms in total. The molecule has 29 heavy (non-hydrogen) atoms. The van der Waals surface area contributed by atoms with Crippen LogP contribution in [0.5, 0.6) is 5.75 Å². The Morgan fingerprint density at radius 3 is 2.41 bits per heavy atom. The minimum atomic E-state index is -0.569. The molecule has 0 radical (unpaired) electrons. The Labute approximate surface area is 196 Å². The standard InChI is InChI=1S/C20H21I2N3O4/c1-3-29-20(27)24-17(14-7-5-4-6-8-14)11-18(26)25-23-12-13-9-15(21)19(28-2)16(22)10-13/h4-10,12,17H,3,11H2,1-2H3,(H,24,27)(H,25,26)/b23-12-/t17-/m1/s1. The molecule has 154 valence electrons. The van der Waals surface area contributed by atoms with E-state index in [4.69, 9.17) is 9.47 Å². The zero-order valence-corrected chi connectivity index (χ0v) is 20.3. The predicted octanol–water partition coefficient (Wildman–Crippen LogP) is 4.23. The summed E-state index contributed by atoms with van der Waals surface area (Å²) in [5.74, 6) is 0.480. The first-order chi connectivity index (χ1) is 13.9. The predicted molar refractivity (Wildman–Crippen MR) is 128 cm³/mol. The minimum Gasteiger partial charge on any atom is -0.495 e. The number of amides is 2. The van der Waals surface area contributed by atoms with Gasteiger partial charge in [-0.3, -0.25) is 4.79 Å². The van der Waals surface area contributed by atoms with Crippen molar-refractivity contribution in [1.29, 1.82) is 0 Å². The first kappa shape index (κ1) is 23.4. The van der Waals surface area contributed by atoms with Crippen molar-refractivity contribution in [3.8, 4) is 5.75 Å². The average Bonchev–Trinajstić information content (AvgIpc) is 2.68. The molecule has 0 aliphatic heterocycles. The molecule has 0 saturated heterocycles. The van der Waals surface area contributed by atoms with Gasteiger partial charge in [0.05, 0.1) is 39.5 Å². The molecular formula is C20H21I2N3O4. The van der Waals surface area contributed by atoms with Gasteiger partial charge in [-0.15, -0.1) is 0 Å². The van der Waals surface area contributed by atoms with Crippen molar-refractivity contribution in [1.82, 2.24) is 10.7 Å². The van der Waals surface area contributed by atoms with E-state index in [1.807, 2.05) is 42.5 Å². The second-order valence-electron chi connectivity index (χ2n) is 5.84. The van der Waals surface area contributed by atoms with Gasteiger partial charge in [-0.05, 0) is 75.4 Å². The average molecular weight is 621 g/mol. The molecule has 0 saturated carbocycles. The van der Waals surface area contributed by atoms with E-state index < -0.39 is 12.1 Å². The van der Waals surface area contributed by atoms with Crippen molar-refractivity contribution < 1.29 is 19.1 Å². The summed E-state index contributed by atoms with van der Waals surface area (Å²) in [4.78, 5) is 24.2. The van der Waals surface area contributed by atoms with Gasteiger partial charge in [0.2, 0.25) is 5.91 Å². The summed E-state index contributed by atoms with van der Waals surface area (Å²) in [5.41, 5.74) is 4.15. The Hall–Kier alpha value is -1.89.